The van der Waals surface area contributed by atoms with Crippen LogP contribution in [0.1, 0.15) is 40.5 Å². The van der Waals surface area contributed by atoms with Gasteiger partial charge in [0.2, 0.25) is 0 Å². The number of nitrogen functional groups attached to an aromatic ring is 1. The van der Waals surface area contributed by atoms with Gasteiger partial charge in [-0.1, -0.05) is 24.3 Å². The molecular formula is C16H20N2OS. The Morgan fingerprint density at radius 3 is 3.10 bits per heavy atom. The van der Waals surface area contributed by atoms with Gasteiger partial charge in [-0.3, -0.25) is 0 Å². The molecule has 1 aliphatic rings. The molecule has 0 aliphatic heterocycles. The topological polar surface area (TPSA) is 48.1 Å². The lowest BCUT2D eigenvalue weighted by atomic mass is 9.83. The van der Waals surface area contributed by atoms with Crippen LogP contribution in [0.4, 0.5) is 5.13 Å². The predicted octanol–water partition coefficient (Wildman–Crippen LogP) is 3.38. The first-order chi connectivity index (χ1) is 9.79. The van der Waals surface area contributed by atoms with Crippen molar-refractivity contribution in [3.8, 4) is 0 Å². The molecule has 1 aromatic carbocycles. The van der Waals surface area contributed by atoms with Gasteiger partial charge in [-0.05, 0) is 36.8 Å². The van der Waals surface area contributed by atoms with E-state index in [2.05, 4.69) is 29.2 Å². The van der Waals surface area contributed by atoms with Gasteiger partial charge in [-0.25, -0.2) is 4.98 Å². The van der Waals surface area contributed by atoms with E-state index in [1.807, 2.05) is 0 Å². The van der Waals surface area contributed by atoms with E-state index in [4.69, 9.17) is 10.5 Å². The third-order valence-corrected chi connectivity index (χ3v) is 5.01. The van der Waals surface area contributed by atoms with E-state index in [0.29, 0.717) is 11.0 Å². The second-order valence-corrected chi connectivity index (χ2v) is 6.31. The van der Waals surface area contributed by atoms with E-state index >= 15 is 0 Å². The third-order valence-electron chi connectivity index (χ3n) is 3.97. The van der Waals surface area contributed by atoms with Crippen molar-refractivity contribution < 1.29 is 4.74 Å². The lowest BCUT2D eigenvalue weighted by Crippen LogP contribution is -2.11. The molecule has 0 amide bonds. The number of aryl methyl sites for hydroxylation is 1. The van der Waals surface area contributed by atoms with Crippen LogP contribution in [0.25, 0.3) is 0 Å². The molecule has 106 valence electrons. The van der Waals surface area contributed by atoms with Crippen LogP contribution in [0, 0.1) is 0 Å². The molecule has 4 heteroatoms. The summed E-state index contributed by atoms with van der Waals surface area (Å²) in [7, 11) is 1.76. The van der Waals surface area contributed by atoms with E-state index in [9.17, 15) is 0 Å². The van der Waals surface area contributed by atoms with E-state index in [-0.39, 0.29) is 0 Å². The Morgan fingerprint density at radius 1 is 1.40 bits per heavy atom. The second kappa shape index (κ2) is 5.94. The lowest BCUT2D eigenvalue weighted by molar-refractivity contribution is 0.202. The van der Waals surface area contributed by atoms with Crippen LogP contribution in [0.5, 0.6) is 0 Å². The summed E-state index contributed by atoms with van der Waals surface area (Å²) in [5.74, 6) is 0.460. The summed E-state index contributed by atoms with van der Waals surface area (Å²) in [6, 6.07) is 8.71. The summed E-state index contributed by atoms with van der Waals surface area (Å²) < 4.78 is 5.23. The molecule has 0 saturated heterocycles. The van der Waals surface area contributed by atoms with Crippen molar-refractivity contribution in [2.24, 2.45) is 0 Å². The molecule has 1 aliphatic carbocycles. The van der Waals surface area contributed by atoms with Gasteiger partial charge in [0.1, 0.15) is 0 Å². The minimum absolute atomic E-state index is 0.460. The minimum Gasteiger partial charge on any atom is -0.384 e. The fourth-order valence-electron chi connectivity index (χ4n) is 3.05. The zero-order valence-corrected chi connectivity index (χ0v) is 12.6. The molecule has 20 heavy (non-hydrogen) atoms. The first-order valence-corrected chi connectivity index (χ1v) is 7.93. The number of thiazole rings is 1. The number of methoxy groups -OCH3 is 1. The van der Waals surface area contributed by atoms with Crippen molar-refractivity contribution in [3.05, 3.63) is 46.0 Å². The molecule has 0 bridgehead atoms. The van der Waals surface area contributed by atoms with Gasteiger partial charge < -0.3 is 10.5 Å². The molecule has 1 aromatic heterocycles. The zero-order chi connectivity index (χ0) is 13.9. The maximum absolute atomic E-state index is 5.90. The number of hydrogen-bond acceptors (Lipinski definition) is 4. The normalized spacial score (nSPS) is 17.9. The number of benzene rings is 1. The van der Waals surface area contributed by atoms with Crippen molar-refractivity contribution in [2.45, 2.75) is 31.6 Å². The zero-order valence-electron chi connectivity index (χ0n) is 11.8. The Kier molecular flexibility index (Phi) is 4.03. The Labute approximate surface area is 123 Å². The molecule has 0 radical (unpaired) electrons. The van der Waals surface area contributed by atoms with Gasteiger partial charge in [0.25, 0.3) is 0 Å². The van der Waals surface area contributed by atoms with Crippen LogP contribution in [-0.4, -0.2) is 18.7 Å². The fraction of sp³-hybridized carbons (Fsp3) is 0.438. The van der Waals surface area contributed by atoms with Crippen molar-refractivity contribution in [2.75, 3.05) is 19.5 Å². The Morgan fingerprint density at radius 2 is 2.25 bits per heavy atom. The van der Waals surface area contributed by atoms with Crippen LogP contribution in [0.15, 0.2) is 24.3 Å². The Hall–Kier alpha value is -1.39. The second-order valence-electron chi connectivity index (χ2n) is 5.25. The highest BCUT2D eigenvalue weighted by Gasteiger charge is 2.26. The number of ether oxygens (including phenoxy) is 1. The molecule has 1 heterocycles. The van der Waals surface area contributed by atoms with Gasteiger partial charge in [-0.15, -0.1) is 11.3 Å². The number of nitrogens with two attached hydrogens (primary N) is 1. The molecule has 2 N–H and O–H groups in total. The third kappa shape index (κ3) is 2.58. The van der Waals surface area contributed by atoms with Crippen LogP contribution in [0.3, 0.4) is 0 Å². The molecule has 0 spiro atoms. The average Bonchev–Trinajstić information content (AvgIpc) is 2.85. The summed E-state index contributed by atoms with van der Waals surface area (Å²) in [6.07, 6.45) is 4.42. The summed E-state index contributed by atoms with van der Waals surface area (Å²) in [4.78, 5) is 5.86. The SMILES string of the molecule is COCCc1ccccc1C1CCCc2nc(N)sc21. The number of nitrogens with zero attached hydrogens (tertiary/aromatic N) is 1. The molecule has 0 saturated carbocycles. The fourth-order valence-corrected chi connectivity index (χ4v) is 4.08. The Bertz CT molecular complexity index is 594. The first-order valence-electron chi connectivity index (χ1n) is 7.11. The maximum atomic E-state index is 5.90. The number of anilines is 1. The first kappa shape index (κ1) is 13.6. The quantitative estimate of drug-likeness (QED) is 0.938. The predicted molar refractivity (Wildman–Crippen MR) is 83.3 cm³/mol. The van der Waals surface area contributed by atoms with Gasteiger partial charge in [0.15, 0.2) is 5.13 Å². The highest BCUT2D eigenvalue weighted by atomic mass is 32.1. The summed E-state index contributed by atoms with van der Waals surface area (Å²) in [5.41, 5.74) is 9.93. The molecular weight excluding hydrogens is 268 g/mol. The maximum Gasteiger partial charge on any atom is 0.180 e. The molecule has 1 atom stereocenters. The number of fused-ring (bicyclic) bond motifs is 1. The van der Waals surface area contributed by atoms with Crippen LogP contribution in [0.2, 0.25) is 0 Å². The van der Waals surface area contributed by atoms with E-state index in [1.54, 1.807) is 18.4 Å². The highest BCUT2D eigenvalue weighted by Crippen LogP contribution is 2.41. The highest BCUT2D eigenvalue weighted by molar-refractivity contribution is 7.15. The van der Waals surface area contributed by atoms with Crippen molar-refractivity contribution in [1.29, 1.82) is 0 Å². The molecule has 3 rings (SSSR count). The molecule has 1 unspecified atom stereocenters. The van der Waals surface area contributed by atoms with E-state index in [1.165, 1.54) is 34.5 Å². The lowest BCUT2D eigenvalue weighted by Gasteiger charge is -2.24. The van der Waals surface area contributed by atoms with Crippen LogP contribution < -0.4 is 5.73 Å². The van der Waals surface area contributed by atoms with Crippen molar-refractivity contribution in [3.63, 3.8) is 0 Å². The van der Waals surface area contributed by atoms with Crippen LogP contribution in [-0.2, 0) is 17.6 Å². The van der Waals surface area contributed by atoms with Crippen LogP contribution >= 0.6 is 11.3 Å². The summed E-state index contributed by atoms with van der Waals surface area (Å²) in [5, 5.41) is 0.705. The van der Waals surface area contributed by atoms with Gasteiger partial charge in [-0.2, -0.15) is 0 Å². The monoisotopic (exact) mass is 288 g/mol. The number of aromatic nitrogens is 1. The van der Waals surface area contributed by atoms with E-state index in [0.717, 1.165) is 19.4 Å². The summed E-state index contributed by atoms with van der Waals surface area (Å²) in [6.45, 7) is 0.765. The van der Waals surface area contributed by atoms with Crippen molar-refractivity contribution in [1.82, 2.24) is 4.98 Å². The minimum atomic E-state index is 0.460. The van der Waals surface area contributed by atoms with Gasteiger partial charge >= 0.3 is 0 Å². The Balaban J connectivity index is 1.97. The average molecular weight is 288 g/mol. The van der Waals surface area contributed by atoms with Gasteiger partial charge in [0.05, 0.1) is 12.3 Å². The molecule has 2 aromatic rings. The van der Waals surface area contributed by atoms with Crippen molar-refractivity contribution >= 4 is 16.5 Å². The molecule has 3 nitrogen and oxygen atoms in total. The molecule has 0 fully saturated rings. The van der Waals surface area contributed by atoms with Gasteiger partial charge in [0, 0.05) is 17.9 Å². The largest absolute Gasteiger partial charge is 0.384 e. The standard InChI is InChI=1S/C16H20N2OS/c1-19-10-9-11-5-2-3-6-12(11)13-7-4-8-14-15(13)20-16(17)18-14/h2-3,5-6,13H,4,7-10H2,1H3,(H2,17,18). The van der Waals surface area contributed by atoms with E-state index < -0.39 is 0 Å². The smallest absolute Gasteiger partial charge is 0.180 e. The number of rotatable bonds is 4. The number of hydrogen-bond donors (Lipinski definition) is 1. The summed E-state index contributed by atoms with van der Waals surface area (Å²) >= 11 is 1.66.